The fourth-order valence-corrected chi connectivity index (χ4v) is 3.24. The molecule has 1 saturated heterocycles. The first-order valence-electron chi connectivity index (χ1n) is 9.59. The zero-order chi connectivity index (χ0) is 21.5. The summed E-state index contributed by atoms with van der Waals surface area (Å²) in [4.78, 5) is 39.9. The van der Waals surface area contributed by atoms with Crippen molar-refractivity contribution in [2.45, 2.75) is 0 Å². The Balaban J connectivity index is 1.42. The average Bonchev–Trinajstić information content (AvgIpc) is 2.71. The van der Waals surface area contributed by atoms with Gasteiger partial charge in [0.15, 0.2) is 0 Å². The van der Waals surface area contributed by atoms with Gasteiger partial charge in [-0.15, -0.1) is 0 Å². The van der Waals surface area contributed by atoms with Gasteiger partial charge in [0.2, 0.25) is 11.8 Å². The summed E-state index contributed by atoms with van der Waals surface area (Å²) in [6.07, 6.45) is 0. The van der Waals surface area contributed by atoms with Gasteiger partial charge in [-0.3, -0.25) is 24.2 Å². The van der Waals surface area contributed by atoms with Crippen molar-refractivity contribution in [2.75, 3.05) is 49.9 Å². The molecule has 3 rings (SSSR count). The lowest BCUT2D eigenvalue weighted by Crippen LogP contribution is -2.50. The summed E-state index contributed by atoms with van der Waals surface area (Å²) in [5.41, 5.74) is 6.54. The molecule has 158 valence electrons. The van der Waals surface area contributed by atoms with E-state index in [1.807, 2.05) is 9.80 Å². The van der Waals surface area contributed by atoms with Gasteiger partial charge in [0.05, 0.1) is 24.3 Å². The number of para-hydroxylation sites is 1. The number of rotatable bonds is 7. The second-order valence-electron chi connectivity index (χ2n) is 7.07. The number of nitrogens with one attached hydrogen (secondary N) is 2. The van der Waals surface area contributed by atoms with Crippen LogP contribution in [0.1, 0.15) is 10.4 Å². The molecule has 2 aromatic rings. The Morgan fingerprint density at radius 2 is 1.37 bits per heavy atom. The minimum absolute atomic E-state index is 0.171. The number of nitrogens with two attached hydrogens (primary N) is 1. The van der Waals surface area contributed by atoms with Crippen molar-refractivity contribution >= 4 is 29.1 Å². The molecule has 30 heavy (non-hydrogen) atoms. The van der Waals surface area contributed by atoms with E-state index in [2.05, 4.69) is 10.6 Å². The largest absolute Gasteiger partial charge is 0.366 e. The Labute approximate surface area is 173 Å². The molecule has 0 aliphatic carbocycles. The standard InChI is InChI=1S/C21H24FN5O3/c22-15-5-7-16(8-6-15)24-19(28)13-26-9-11-27(12-10-26)14-20(29)25-18-4-2-1-3-17(18)21(23)30/h1-8H,9-14H2,(H2,23,30)(H,24,28)(H,25,29). The van der Waals surface area contributed by atoms with Crippen molar-refractivity contribution in [3.8, 4) is 0 Å². The van der Waals surface area contributed by atoms with E-state index in [-0.39, 0.29) is 36.3 Å². The van der Waals surface area contributed by atoms with Crippen molar-refractivity contribution in [3.63, 3.8) is 0 Å². The third-order valence-corrected chi connectivity index (χ3v) is 4.79. The highest BCUT2D eigenvalue weighted by Crippen LogP contribution is 2.14. The van der Waals surface area contributed by atoms with Crippen LogP contribution in [0.25, 0.3) is 0 Å². The molecule has 1 heterocycles. The Hall–Kier alpha value is -3.30. The van der Waals surface area contributed by atoms with Gasteiger partial charge < -0.3 is 16.4 Å². The summed E-state index contributed by atoms with van der Waals surface area (Å²) in [5.74, 6) is -1.35. The number of benzene rings is 2. The number of primary amides is 1. The molecule has 0 spiro atoms. The van der Waals surface area contributed by atoms with Crippen LogP contribution in [0.3, 0.4) is 0 Å². The van der Waals surface area contributed by atoms with Crippen molar-refractivity contribution < 1.29 is 18.8 Å². The number of amides is 3. The lowest BCUT2D eigenvalue weighted by Gasteiger charge is -2.33. The number of piperazine rings is 1. The molecule has 0 bridgehead atoms. The van der Waals surface area contributed by atoms with E-state index in [0.29, 0.717) is 37.6 Å². The normalized spacial score (nSPS) is 14.8. The molecule has 0 unspecified atom stereocenters. The van der Waals surface area contributed by atoms with Gasteiger partial charge in [0.25, 0.3) is 5.91 Å². The maximum absolute atomic E-state index is 12.9. The highest BCUT2D eigenvalue weighted by atomic mass is 19.1. The summed E-state index contributed by atoms with van der Waals surface area (Å²) in [7, 11) is 0. The van der Waals surface area contributed by atoms with Crippen molar-refractivity contribution in [2.24, 2.45) is 5.73 Å². The van der Waals surface area contributed by atoms with Gasteiger partial charge in [-0.25, -0.2) is 4.39 Å². The van der Waals surface area contributed by atoms with Crippen LogP contribution in [0.5, 0.6) is 0 Å². The summed E-state index contributed by atoms with van der Waals surface area (Å²) < 4.78 is 12.9. The van der Waals surface area contributed by atoms with Crippen LogP contribution in [-0.2, 0) is 9.59 Å². The SMILES string of the molecule is NC(=O)c1ccccc1NC(=O)CN1CCN(CC(=O)Nc2ccc(F)cc2)CC1. The zero-order valence-electron chi connectivity index (χ0n) is 16.4. The molecule has 1 aliphatic heterocycles. The number of anilines is 2. The average molecular weight is 413 g/mol. The second-order valence-corrected chi connectivity index (χ2v) is 7.07. The Bertz CT molecular complexity index is 911. The van der Waals surface area contributed by atoms with Crippen LogP contribution in [0.2, 0.25) is 0 Å². The molecule has 0 saturated carbocycles. The minimum atomic E-state index is -0.599. The van der Waals surface area contributed by atoms with E-state index >= 15 is 0 Å². The van der Waals surface area contributed by atoms with E-state index in [9.17, 15) is 18.8 Å². The summed E-state index contributed by atoms with van der Waals surface area (Å²) >= 11 is 0. The van der Waals surface area contributed by atoms with Gasteiger partial charge >= 0.3 is 0 Å². The number of hydrogen-bond acceptors (Lipinski definition) is 5. The predicted octanol–water partition coefficient (Wildman–Crippen LogP) is 1.12. The first kappa shape index (κ1) is 21.4. The number of carbonyl (C=O) groups is 3. The van der Waals surface area contributed by atoms with E-state index in [0.717, 1.165) is 0 Å². The Kier molecular flexibility index (Phi) is 7.10. The van der Waals surface area contributed by atoms with Crippen LogP contribution in [-0.4, -0.2) is 66.8 Å². The third-order valence-electron chi connectivity index (χ3n) is 4.79. The van der Waals surface area contributed by atoms with Crippen LogP contribution >= 0.6 is 0 Å². The highest BCUT2D eigenvalue weighted by molar-refractivity contribution is 6.03. The fraction of sp³-hybridized carbons (Fsp3) is 0.286. The lowest BCUT2D eigenvalue weighted by atomic mass is 10.1. The number of carbonyl (C=O) groups excluding carboxylic acids is 3. The van der Waals surface area contributed by atoms with E-state index < -0.39 is 5.91 Å². The zero-order valence-corrected chi connectivity index (χ0v) is 16.4. The summed E-state index contributed by atoms with van der Waals surface area (Å²) in [6, 6.07) is 12.2. The topological polar surface area (TPSA) is 108 Å². The first-order valence-corrected chi connectivity index (χ1v) is 9.59. The molecule has 2 aromatic carbocycles. The molecular weight excluding hydrogens is 389 g/mol. The van der Waals surface area contributed by atoms with E-state index in [1.165, 1.54) is 24.3 Å². The Morgan fingerprint density at radius 3 is 1.93 bits per heavy atom. The minimum Gasteiger partial charge on any atom is -0.366 e. The Morgan fingerprint density at radius 1 is 0.833 bits per heavy atom. The van der Waals surface area contributed by atoms with E-state index in [4.69, 9.17) is 5.73 Å². The fourth-order valence-electron chi connectivity index (χ4n) is 3.24. The number of nitrogens with zero attached hydrogens (tertiary/aromatic N) is 2. The van der Waals surface area contributed by atoms with Gasteiger partial charge in [-0.1, -0.05) is 12.1 Å². The van der Waals surface area contributed by atoms with Gasteiger partial charge in [0, 0.05) is 31.9 Å². The van der Waals surface area contributed by atoms with Gasteiger partial charge in [-0.05, 0) is 36.4 Å². The quantitative estimate of drug-likeness (QED) is 0.631. The first-order chi connectivity index (χ1) is 14.4. The molecule has 8 nitrogen and oxygen atoms in total. The molecule has 3 amide bonds. The van der Waals surface area contributed by atoms with Crippen LogP contribution in [0, 0.1) is 5.82 Å². The third kappa shape index (κ3) is 6.10. The van der Waals surface area contributed by atoms with Gasteiger partial charge in [0.1, 0.15) is 5.82 Å². The maximum Gasteiger partial charge on any atom is 0.250 e. The smallest absolute Gasteiger partial charge is 0.250 e. The van der Waals surface area contributed by atoms with Crippen LogP contribution < -0.4 is 16.4 Å². The molecule has 1 fully saturated rings. The van der Waals surface area contributed by atoms with Crippen LogP contribution in [0.4, 0.5) is 15.8 Å². The van der Waals surface area contributed by atoms with Crippen molar-refractivity contribution in [1.29, 1.82) is 0 Å². The van der Waals surface area contributed by atoms with Crippen molar-refractivity contribution in [1.82, 2.24) is 9.80 Å². The summed E-state index contributed by atoms with van der Waals surface area (Å²) in [5, 5.41) is 5.47. The second kappa shape index (κ2) is 9.95. The monoisotopic (exact) mass is 413 g/mol. The molecule has 0 atom stereocenters. The number of halogens is 1. The molecule has 0 aromatic heterocycles. The molecule has 0 radical (unpaired) electrons. The molecule has 9 heteroatoms. The van der Waals surface area contributed by atoms with Crippen LogP contribution in [0.15, 0.2) is 48.5 Å². The summed E-state index contributed by atoms with van der Waals surface area (Å²) in [6.45, 7) is 2.96. The maximum atomic E-state index is 12.9. The molecule has 4 N–H and O–H groups in total. The molecule has 1 aliphatic rings. The number of hydrogen-bond donors (Lipinski definition) is 3. The lowest BCUT2D eigenvalue weighted by molar-refractivity contribution is -0.120. The van der Waals surface area contributed by atoms with Crippen molar-refractivity contribution in [3.05, 3.63) is 59.9 Å². The van der Waals surface area contributed by atoms with Gasteiger partial charge in [-0.2, -0.15) is 0 Å². The van der Waals surface area contributed by atoms with E-state index in [1.54, 1.807) is 24.3 Å². The predicted molar refractivity (Wildman–Crippen MR) is 111 cm³/mol. The highest BCUT2D eigenvalue weighted by Gasteiger charge is 2.21. The molecular formula is C21H24FN5O3.